The number of carbonyl (C=O) groups excluding carboxylic acids is 1. The van der Waals surface area contributed by atoms with Crippen molar-refractivity contribution >= 4 is 5.91 Å². The first-order valence-electron chi connectivity index (χ1n) is 5.43. The van der Waals surface area contributed by atoms with Crippen molar-refractivity contribution in [2.24, 2.45) is 5.92 Å². The minimum Gasteiger partial charge on any atom is -0.390 e. The van der Waals surface area contributed by atoms with Crippen molar-refractivity contribution in [1.82, 2.24) is 4.90 Å². The Morgan fingerprint density at radius 1 is 1.50 bits per heavy atom. The van der Waals surface area contributed by atoms with Crippen LogP contribution in [-0.4, -0.2) is 34.1 Å². The van der Waals surface area contributed by atoms with E-state index in [9.17, 15) is 9.90 Å². The van der Waals surface area contributed by atoms with Crippen LogP contribution in [0, 0.1) is 5.92 Å². The molecule has 3 heteroatoms. The fourth-order valence-electron chi connectivity index (χ4n) is 2.46. The fourth-order valence-corrected chi connectivity index (χ4v) is 2.46. The maximum Gasteiger partial charge on any atom is 0.223 e. The van der Waals surface area contributed by atoms with Crippen LogP contribution in [0.15, 0.2) is 0 Å². The van der Waals surface area contributed by atoms with E-state index in [0.29, 0.717) is 13.0 Å². The van der Waals surface area contributed by atoms with E-state index in [2.05, 4.69) is 0 Å². The molecule has 1 aliphatic heterocycles. The average molecular weight is 199 g/mol. The van der Waals surface area contributed by atoms with Crippen LogP contribution in [0.3, 0.4) is 0 Å². The highest BCUT2D eigenvalue weighted by Gasteiger charge is 2.45. The zero-order valence-corrected chi connectivity index (χ0v) is 9.58. The summed E-state index contributed by atoms with van der Waals surface area (Å²) in [5, 5.41) is 10.1. The van der Waals surface area contributed by atoms with Gasteiger partial charge in [-0.25, -0.2) is 0 Å². The second-order valence-corrected chi connectivity index (χ2v) is 4.61. The van der Waals surface area contributed by atoms with Crippen LogP contribution in [0.4, 0.5) is 0 Å². The van der Waals surface area contributed by atoms with E-state index < -0.39 is 11.6 Å². The van der Waals surface area contributed by atoms with Gasteiger partial charge in [-0.1, -0.05) is 13.3 Å². The number of piperidine rings is 1. The molecule has 0 aromatic rings. The van der Waals surface area contributed by atoms with Gasteiger partial charge in [0.05, 0.1) is 11.6 Å². The molecule has 0 radical (unpaired) electrons. The summed E-state index contributed by atoms with van der Waals surface area (Å²) < 4.78 is 0. The van der Waals surface area contributed by atoms with Crippen LogP contribution in [-0.2, 0) is 4.79 Å². The Balaban J connectivity index is 2.91. The number of hydrogen-bond donors (Lipinski definition) is 1. The van der Waals surface area contributed by atoms with Gasteiger partial charge in [-0.2, -0.15) is 0 Å². The largest absolute Gasteiger partial charge is 0.390 e. The number of amides is 1. The molecule has 2 unspecified atom stereocenters. The molecule has 1 fully saturated rings. The monoisotopic (exact) mass is 199 g/mol. The highest BCUT2D eigenvalue weighted by atomic mass is 16.3. The van der Waals surface area contributed by atoms with E-state index in [1.165, 1.54) is 0 Å². The van der Waals surface area contributed by atoms with Crippen LogP contribution < -0.4 is 0 Å². The molecule has 1 N–H and O–H groups in total. The number of likely N-dealkylation sites (N-methyl/N-ethyl adjacent to an activating group) is 1. The Morgan fingerprint density at radius 2 is 2.07 bits per heavy atom. The topological polar surface area (TPSA) is 40.5 Å². The van der Waals surface area contributed by atoms with Gasteiger partial charge in [-0.15, -0.1) is 0 Å². The van der Waals surface area contributed by atoms with E-state index in [0.717, 1.165) is 6.42 Å². The van der Waals surface area contributed by atoms with Gasteiger partial charge in [-0.05, 0) is 26.7 Å². The van der Waals surface area contributed by atoms with Gasteiger partial charge in [0.1, 0.15) is 0 Å². The van der Waals surface area contributed by atoms with Crippen molar-refractivity contribution < 1.29 is 9.90 Å². The van der Waals surface area contributed by atoms with Crippen molar-refractivity contribution in [3.63, 3.8) is 0 Å². The number of hydrogen-bond acceptors (Lipinski definition) is 2. The summed E-state index contributed by atoms with van der Waals surface area (Å²) >= 11 is 0. The Bertz CT molecular complexity index is 225. The van der Waals surface area contributed by atoms with Gasteiger partial charge in [0.15, 0.2) is 0 Å². The predicted molar refractivity (Wildman–Crippen MR) is 55.9 cm³/mol. The molecule has 1 heterocycles. The number of carbonyl (C=O) groups is 1. The first-order chi connectivity index (χ1) is 6.45. The molecule has 1 aliphatic rings. The maximum atomic E-state index is 11.8. The molecule has 0 aliphatic carbocycles. The van der Waals surface area contributed by atoms with E-state index in [4.69, 9.17) is 0 Å². The Labute approximate surface area is 86.1 Å². The first kappa shape index (κ1) is 11.5. The molecule has 0 saturated carbocycles. The molecule has 1 amide bonds. The predicted octanol–water partition coefficient (Wildman–Crippen LogP) is 1.40. The molecule has 2 atom stereocenters. The van der Waals surface area contributed by atoms with E-state index in [1.54, 1.807) is 4.90 Å². The zero-order chi connectivity index (χ0) is 10.9. The van der Waals surface area contributed by atoms with Crippen LogP contribution >= 0.6 is 0 Å². The van der Waals surface area contributed by atoms with Crippen molar-refractivity contribution in [2.45, 2.75) is 52.2 Å². The third kappa shape index (κ3) is 1.65. The SMILES string of the molecule is CCC1CC(=O)N(CC)C(C)(C)C1O. The normalized spacial score (nSPS) is 32.1. The van der Waals surface area contributed by atoms with Gasteiger partial charge in [0.25, 0.3) is 0 Å². The van der Waals surface area contributed by atoms with E-state index in [-0.39, 0.29) is 11.8 Å². The summed E-state index contributed by atoms with van der Waals surface area (Å²) in [4.78, 5) is 13.6. The zero-order valence-electron chi connectivity index (χ0n) is 9.58. The molecule has 0 bridgehead atoms. The summed E-state index contributed by atoms with van der Waals surface area (Å²) in [5.74, 6) is 0.301. The summed E-state index contributed by atoms with van der Waals surface area (Å²) in [5.41, 5.74) is -0.412. The number of aliphatic hydroxyl groups excluding tert-OH is 1. The molecule has 14 heavy (non-hydrogen) atoms. The molecular formula is C11H21NO2. The summed E-state index contributed by atoms with van der Waals surface area (Å²) in [7, 11) is 0. The second-order valence-electron chi connectivity index (χ2n) is 4.61. The van der Waals surface area contributed by atoms with Gasteiger partial charge in [0, 0.05) is 13.0 Å². The Morgan fingerprint density at radius 3 is 2.50 bits per heavy atom. The molecule has 82 valence electrons. The van der Waals surface area contributed by atoms with Gasteiger partial charge < -0.3 is 10.0 Å². The third-order valence-corrected chi connectivity index (χ3v) is 3.44. The lowest BCUT2D eigenvalue weighted by molar-refractivity contribution is -0.155. The van der Waals surface area contributed by atoms with Crippen LogP contribution in [0.25, 0.3) is 0 Å². The van der Waals surface area contributed by atoms with Crippen LogP contribution in [0.1, 0.15) is 40.5 Å². The van der Waals surface area contributed by atoms with E-state index in [1.807, 2.05) is 27.7 Å². The summed E-state index contributed by atoms with van der Waals surface area (Å²) in [6.07, 6.45) is 0.966. The lowest BCUT2D eigenvalue weighted by Crippen LogP contribution is -2.61. The molecule has 0 spiro atoms. The molecule has 1 rings (SSSR count). The van der Waals surface area contributed by atoms with Crippen LogP contribution in [0.5, 0.6) is 0 Å². The Hall–Kier alpha value is -0.570. The molecular weight excluding hydrogens is 178 g/mol. The van der Waals surface area contributed by atoms with Crippen LogP contribution in [0.2, 0.25) is 0 Å². The molecule has 3 nitrogen and oxygen atoms in total. The lowest BCUT2D eigenvalue weighted by atomic mass is 9.78. The fraction of sp³-hybridized carbons (Fsp3) is 0.909. The van der Waals surface area contributed by atoms with E-state index >= 15 is 0 Å². The minimum atomic E-state index is -0.412. The van der Waals surface area contributed by atoms with Crippen molar-refractivity contribution in [2.75, 3.05) is 6.54 Å². The van der Waals surface area contributed by atoms with Crippen molar-refractivity contribution in [3.8, 4) is 0 Å². The van der Waals surface area contributed by atoms with Crippen molar-refractivity contribution in [3.05, 3.63) is 0 Å². The standard InChI is InChI=1S/C11H21NO2/c1-5-8-7-9(13)12(6-2)11(3,4)10(8)14/h8,10,14H,5-7H2,1-4H3. The lowest BCUT2D eigenvalue weighted by Gasteiger charge is -2.48. The maximum absolute atomic E-state index is 11.8. The highest BCUT2D eigenvalue weighted by molar-refractivity contribution is 5.78. The molecule has 0 aromatic carbocycles. The molecule has 0 aromatic heterocycles. The summed E-state index contributed by atoms with van der Waals surface area (Å²) in [6, 6.07) is 0. The third-order valence-electron chi connectivity index (χ3n) is 3.44. The van der Waals surface area contributed by atoms with Gasteiger partial charge >= 0.3 is 0 Å². The second kappa shape index (κ2) is 3.89. The van der Waals surface area contributed by atoms with Gasteiger partial charge in [-0.3, -0.25) is 4.79 Å². The first-order valence-corrected chi connectivity index (χ1v) is 5.43. The number of aliphatic hydroxyl groups is 1. The average Bonchev–Trinajstić information content (AvgIpc) is 2.12. The smallest absolute Gasteiger partial charge is 0.223 e. The van der Waals surface area contributed by atoms with Crippen molar-refractivity contribution in [1.29, 1.82) is 0 Å². The minimum absolute atomic E-state index is 0.125. The quantitative estimate of drug-likeness (QED) is 0.730. The highest BCUT2D eigenvalue weighted by Crippen LogP contribution is 2.33. The Kier molecular flexibility index (Phi) is 3.20. The van der Waals surface area contributed by atoms with Gasteiger partial charge in [0.2, 0.25) is 5.91 Å². The number of likely N-dealkylation sites (tertiary alicyclic amines) is 1. The number of rotatable bonds is 2. The molecule has 1 saturated heterocycles. The number of nitrogens with zero attached hydrogens (tertiary/aromatic N) is 1. The summed E-state index contributed by atoms with van der Waals surface area (Å²) in [6.45, 7) is 8.55.